The van der Waals surface area contributed by atoms with Gasteiger partial charge in [-0.05, 0) is 25.2 Å². The summed E-state index contributed by atoms with van der Waals surface area (Å²) in [4.78, 5) is 0. The quantitative estimate of drug-likeness (QED) is 0.518. The fourth-order valence-corrected chi connectivity index (χ4v) is 1.04. The predicted molar refractivity (Wildman–Crippen MR) is 57.2 cm³/mol. The molecule has 0 heteroatoms. The molecule has 0 aliphatic heterocycles. The van der Waals surface area contributed by atoms with E-state index in [1.54, 1.807) is 0 Å². The maximum absolute atomic E-state index is 3.75. The SMILES string of the molecule is C=CCC(C=CCC)C=CCC. The maximum Gasteiger partial charge on any atom is -0.00191 e. The molecule has 0 atom stereocenters. The van der Waals surface area contributed by atoms with Gasteiger partial charge in [-0.2, -0.15) is 0 Å². The van der Waals surface area contributed by atoms with E-state index in [1.807, 2.05) is 6.08 Å². The summed E-state index contributed by atoms with van der Waals surface area (Å²) in [6.07, 6.45) is 14.2. The molecule has 0 aromatic carbocycles. The molecule has 12 heavy (non-hydrogen) atoms. The molecule has 68 valence electrons. The summed E-state index contributed by atoms with van der Waals surface area (Å²) in [6, 6.07) is 0. The Morgan fingerprint density at radius 1 is 1.08 bits per heavy atom. The van der Waals surface area contributed by atoms with Crippen molar-refractivity contribution in [2.75, 3.05) is 0 Å². The summed E-state index contributed by atoms with van der Waals surface area (Å²) >= 11 is 0. The first-order valence-electron chi connectivity index (χ1n) is 4.79. The standard InChI is InChI=1S/C12H20/c1-4-7-10-12(9-6-3)11-8-5-2/h6-8,10-12H,3-5,9H2,1-2H3. The van der Waals surface area contributed by atoms with Crippen molar-refractivity contribution in [1.82, 2.24) is 0 Å². The van der Waals surface area contributed by atoms with Gasteiger partial charge in [0.15, 0.2) is 0 Å². The van der Waals surface area contributed by atoms with E-state index >= 15 is 0 Å². The molecule has 0 N–H and O–H groups in total. The molecule has 0 saturated heterocycles. The van der Waals surface area contributed by atoms with Crippen molar-refractivity contribution in [3.63, 3.8) is 0 Å². The van der Waals surface area contributed by atoms with Gasteiger partial charge < -0.3 is 0 Å². The van der Waals surface area contributed by atoms with E-state index in [1.165, 1.54) is 0 Å². The highest BCUT2D eigenvalue weighted by molar-refractivity contribution is 5.02. The number of hydrogen-bond acceptors (Lipinski definition) is 0. The Balaban J connectivity index is 3.93. The topological polar surface area (TPSA) is 0 Å². The second-order valence-electron chi connectivity index (χ2n) is 2.86. The van der Waals surface area contributed by atoms with Crippen molar-refractivity contribution in [2.24, 2.45) is 5.92 Å². The zero-order chi connectivity index (χ0) is 9.23. The first-order valence-corrected chi connectivity index (χ1v) is 4.79. The van der Waals surface area contributed by atoms with Gasteiger partial charge in [0.2, 0.25) is 0 Å². The Labute approximate surface area is 76.7 Å². The van der Waals surface area contributed by atoms with Crippen LogP contribution in [0.4, 0.5) is 0 Å². The molecular formula is C12H20. The van der Waals surface area contributed by atoms with E-state index in [0.29, 0.717) is 5.92 Å². The largest absolute Gasteiger partial charge is 0.103 e. The maximum atomic E-state index is 3.75. The lowest BCUT2D eigenvalue weighted by Gasteiger charge is -2.02. The minimum atomic E-state index is 0.558. The molecule has 0 heterocycles. The van der Waals surface area contributed by atoms with Crippen molar-refractivity contribution < 1.29 is 0 Å². The average Bonchev–Trinajstić information content (AvgIpc) is 2.10. The highest BCUT2D eigenvalue weighted by Gasteiger charge is 1.94. The molecule has 0 spiro atoms. The van der Waals surface area contributed by atoms with Gasteiger partial charge in [0.1, 0.15) is 0 Å². The van der Waals surface area contributed by atoms with E-state index in [9.17, 15) is 0 Å². The van der Waals surface area contributed by atoms with E-state index in [2.05, 4.69) is 44.7 Å². The molecule has 0 bridgehead atoms. The molecule has 0 aromatic heterocycles. The zero-order valence-corrected chi connectivity index (χ0v) is 8.29. The van der Waals surface area contributed by atoms with Gasteiger partial charge >= 0.3 is 0 Å². The van der Waals surface area contributed by atoms with Crippen LogP contribution < -0.4 is 0 Å². The second kappa shape index (κ2) is 8.32. The third-order valence-corrected chi connectivity index (χ3v) is 1.68. The van der Waals surface area contributed by atoms with E-state index < -0.39 is 0 Å². The van der Waals surface area contributed by atoms with Crippen LogP contribution in [0.1, 0.15) is 33.1 Å². The summed E-state index contributed by atoms with van der Waals surface area (Å²) < 4.78 is 0. The smallest absolute Gasteiger partial charge is 0.00191 e. The Morgan fingerprint density at radius 2 is 1.58 bits per heavy atom. The van der Waals surface area contributed by atoms with Crippen LogP contribution >= 0.6 is 0 Å². The average molecular weight is 164 g/mol. The molecule has 0 fully saturated rings. The number of rotatable bonds is 6. The van der Waals surface area contributed by atoms with Crippen LogP contribution in [0.5, 0.6) is 0 Å². The fourth-order valence-electron chi connectivity index (χ4n) is 1.04. The molecule has 0 rings (SSSR count). The molecule has 0 nitrogen and oxygen atoms in total. The van der Waals surface area contributed by atoms with Crippen LogP contribution in [0.2, 0.25) is 0 Å². The predicted octanol–water partition coefficient (Wildman–Crippen LogP) is 4.11. The van der Waals surface area contributed by atoms with Crippen molar-refractivity contribution in [1.29, 1.82) is 0 Å². The van der Waals surface area contributed by atoms with Gasteiger partial charge in [0.25, 0.3) is 0 Å². The lowest BCUT2D eigenvalue weighted by Crippen LogP contribution is -1.88. The molecule has 0 aromatic rings. The molecular weight excluding hydrogens is 144 g/mol. The van der Waals surface area contributed by atoms with Crippen LogP contribution in [0.25, 0.3) is 0 Å². The molecule has 0 radical (unpaired) electrons. The molecule has 0 aliphatic rings. The number of allylic oxidation sites excluding steroid dienone is 5. The summed E-state index contributed by atoms with van der Waals surface area (Å²) in [5.41, 5.74) is 0. The van der Waals surface area contributed by atoms with E-state index in [4.69, 9.17) is 0 Å². The Morgan fingerprint density at radius 3 is 1.92 bits per heavy atom. The molecule has 0 amide bonds. The number of hydrogen-bond donors (Lipinski definition) is 0. The van der Waals surface area contributed by atoms with Crippen molar-refractivity contribution in [2.45, 2.75) is 33.1 Å². The van der Waals surface area contributed by atoms with Crippen LogP contribution in [-0.2, 0) is 0 Å². The van der Waals surface area contributed by atoms with Gasteiger partial charge in [-0.15, -0.1) is 6.58 Å². The minimum Gasteiger partial charge on any atom is -0.103 e. The Bertz CT molecular complexity index is 137. The first-order chi connectivity index (χ1) is 5.85. The van der Waals surface area contributed by atoms with Gasteiger partial charge in [0.05, 0.1) is 0 Å². The highest BCUT2D eigenvalue weighted by Crippen LogP contribution is 2.08. The van der Waals surface area contributed by atoms with Crippen molar-refractivity contribution in [3.05, 3.63) is 37.0 Å². The zero-order valence-electron chi connectivity index (χ0n) is 8.29. The lowest BCUT2D eigenvalue weighted by atomic mass is 10.0. The van der Waals surface area contributed by atoms with Gasteiger partial charge in [-0.3, -0.25) is 0 Å². The minimum absolute atomic E-state index is 0.558. The van der Waals surface area contributed by atoms with E-state index in [-0.39, 0.29) is 0 Å². The molecule has 0 saturated carbocycles. The van der Waals surface area contributed by atoms with Crippen molar-refractivity contribution in [3.8, 4) is 0 Å². The Kier molecular flexibility index (Phi) is 7.78. The van der Waals surface area contributed by atoms with Crippen LogP contribution in [-0.4, -0.2) is 0 Å². The third-order valence-electron chi connectivity index (χ3n) is 1.68. The lowest BCUT2D eigenvalue weighted by molar-refractivity contribution is 0.823. The van der Waals surface area contributed by atoms with Crippen molar-refractivity contribution >= 4 is 0 Å². The normalized spacial score (nSPS) is 14.2. The fraction of sp³-hybridized carbons (Fsp3) is 0.500. The molecule has 0 unspecified atom stereocenters. The second-order valence-corrected chi connectivity index (χ2v) is 2.86. The van der Waals surface area contributed by atoms with Crippen LogP contribution in [0, 0.1) is 5.92 Å². The molecule has 0 aliphatic carbocycles. The summed E-state index contributed by atoms with van der Waals surface area (Å²) in [6.45, 7) is 8.06. The Hall–Kier alpha value is -0.780. The van der Waals surface area contributed by atoms with E-state index in [0.717, 1.165) is 19.3 Å². The van der Waals surface area contributed by atoms with Gasteiger partial charge in [0, 0.05) is 0 Å². The summed E-state index contributed by atoms with van der Waals surface area (Å²) in [5, 5.41) is 0. The monoisotopic (exact) mass is 164 g/mol. The van der Waals surface area contributed by atoms with Crippen LogP contribution in [0.15, 0.2) is 37.0 Å². The summed E-state index contributed by atoms with van der Waals surface area (Å²) in [5.74, 6) is 0.558. The first kappa shape index (κ1) is 11.2. The van der Waals surface area contributed by atoms with Crippen LogP contribution in [0.3, 0.4) is 0 Å². The highest BCUT2D eigenvalue weighted by atomic mass is 14.0. The van der Waals surface area contributed by atoms with Gasteiger partial charge in [-0.1, -0.05) is 44.2 Å². The van der Waals surface area contributed by atoms with Gasteiger partial charge in [-0.25, -0.2) is 0 Å². The summed E-state index contributed by atoms with van der Waals surface area (Å²) in [7, 11) is 0. The third kappa shape index (κ3) is 5.96.